The number of fused-ring (bicyclic) bond motifs is 1. The van der Waals surface area contributed by atoms with Gasteiger partial charge in [-0.1, -0.05) is 11.2 Å². The van der Waals surface area contributed by atoms with Crippen molar-refractivity contribution in [3.63, 3.8) is 0 Å². The van der Waals surface area contributed by atoms with Crippen molar-refractivity contribution in [2.75, 3.05) is 0 Å². The van der Waals surface area contributed by atoms with Crippen LogP contribution in [0.4, 0.5) is 0 Å². The standard InChI is InChI=1S/C7H4NO/c1-2-4-7-6(3-1)5-9-8-7/h2-5H. The van der Waals surface area contributed by atoms with E-state index >= 15 is 0 Å². The van der Waals surface area contributed by atoms with Gasteiger partial charge in [-0.3, -0.25) is 0 Å². The second kappa shape index (κ2) is 1.58. The van der Waals surface area contributed by atoms with E-state index in [1.165, 1.54) is 0 Å². The fraction of sp³-hybridized carbons (Fsp3) is 0. The highest BCUT2D eigenvalue weighted by Crippen LogP contribution is 2.08. The Balaban J connectivity index is 2.95. The van der Waals surface area contributed by atoms with Crippen molar-refractivity contribution >= 4 is 10.9 Å². The van der Waals surface area contributed by atoms with Gasteiger partial charge in [0.15, 0.2) is 0 Å². The van der Waals surface area contributed by atoms with E-state index in [0.717, 1.165) is 10.9 Å². The Labute approximate surface area is 52.1 Å². The molecule has 2 aromatic rings. The first-order chi connectivity index (χ1) is 4.47. The van der Waals surface area contributed by atoms with Crippen molar-refractivity contribution in [1.82, 2.24) is 5.16 Å². The summed E-state index contributed by atoms with van der Waals surface area (Å²) in [6.45, 7) is 0. The van der Waals surface area contributed by atoms with Crippen LogP contribution >= 0.6 is 0 Å². The minimum absolute atomic E-state index is 0.883. The van der Waals surface area contributed by atoms with Crippen molar-refractivity contribution in [2.24, 2.45) is 0 Å². The number of aromatic nitrogens is 1. The molecular formula is C7H4NO. The first-order valence-electron chi connectivity index (χ1n) is 2.67. The summed E-state index contributed by atoms with van der Waals surface area (Å²) < 4.78 is 4.69. The monoisotopic (exact) mass is 118 g/mol. The third-order valence-electron chi connectivity index (χ3n) is 1.20. The average Bonchev–Trinajstić information content (AvgIpc) is 2.33. The van der Waals surface area contributed by atoms with Gasteiger partial charge < -0.3 is 4.52 Å². The zero-order valence-electron chi connectivity index (χ0n) is 4.66. The van der Waals surface area contributed by atoms with Crippen LogP contribution in [0.25, 0.3) is 10.9 Å². The lowest BCUT2D eigenvalue weighted by atomic mass is 10.3. The molecule has 2 heteroatoms. The molecule has 0 amide bonds. The van der Waals surface area contributed by atoms with Crippen molar-refractivity contribution in [2.45, 2.75) is 0 Å². The fourth-order valence-electron chi connectivity index (χ4n) is 0.753. The van der Waals surface area contributed by atoms with Crippen LogP contribution in [-0.2, 0) is 0 Å². The summed E-state index contributed by atoms with van der Waals surface area (Å²) in [4.78, 5) is 0. The van der Waals surface area contributed by atoms with Gasteiger partial charge in [0, 0.05) is 5.39 Å². The summed E-state index contributed by atoms with van der Waals surface area (Å²) in [6.07, 6.45) is 1.60. The van der Waals surface area contributed by atoms with Gasteiger partial charge in [0.2, 0.25) is 0 Å². The smallest absolute Gasteiger partial charge is 0.131 e. The largest absolute Gasteiger partial charge is 0.364 e. The molecule has 43 valence electrons. The molecule has 2 rings (SSSR count). The lowest BCUT2D eigenvalue weighted by Gasteiger charge is -1.77. The maximum absolute atomic E-state index is 4.69. The average molecular weight is 118 g/mol. The molecule has 0 aliphatic rings. The Morgan fingerprint density at radius 1 is 1.56 bits per heavy atom. The second-order valence-electron chi connectivity index (χ2n) is 1.80. The first-order valence-corrected chi connectivity index (χ1v) is 2.67. The lowest BCUT2D eigenvalue weighted by Crippen LogP contribution is -1.62. The van der Waals surface area contributed by atoms with E-state index in [9.17, 15) is 0 Å². The molecule has 0 spiro atoms. The number of hydrogen-bond donors (Lipinski definition) is 0. The molecule has 0 unspecified atom stereocenters. The topological polar surface area (TPSA) is 26.0 Å². The summed E-state index contributed by atoms with van der Waals surface area (Å²) in [5, 5.41) is 4.72. The number of rotatable bonds is 0. The maximum Gasteiger partial charge on any atom is 0.131 e. The highest BCUT2D eigenvalue weighted by molar-refractivity contribution is 5.76. The van der Waals surface area contributed by atoms with Crippen molar-refractivity contribution in [1.29, 1.82) is 0 Å². The third kappa shape index (κ3) is 0.598. The third-order valence-corrected chi connectivity index (χ3v) is 1.20. The Hall–Kier alpha value is -1.31. The molecule has 0 saturated heterocycles. The SMILES string of the molecule is [c]1ccc2nocc2c1. The van der Waals surface area contributed by atoms with Gasteiger partial charge in [0.25, 0.3) is 0 Å². The summed E-state index contributed by atoms with van der Waals surface area (Å²) in [5.41, 5.74) is 0.883. The maximum atomic E-state index is 4.69. The summed E-state index contributed by atoms with van der Waals surface area (Å²) >= 11 is 0. The van der Waals surface area contributed by atoms with Crippen LogP contribution in [-0.4, -0.2) is 5.16 Å². The molecule has 1 heterocycles. The molecule has 0 fully saturated rings. The van der Waals surface area contributed by atoms with Crippen LogP contribution in [0.3, 0.4) is 0 Å². The molecule has 9 heavy (non-hydrogen) atoms. The first kappa shape index (κ1) is 4.56. The quantitative estimate of drug-likeness (QED) is 0.525. The molecule has 0 aliphatic carbocycles. The highest BCUT2D eigenvalue weighted by Gasteiger charge is 1.91. The summed E-state index contributed by atoms with van der Waals surface area (Å²) in [7, 11) is 0. The Morgan fingerprint density at radius 3 is 3.44 bits per heavy atom. The van der Waals surface area contributed by atoms with Gasteiger partial charge in [0.05, 0.1) is 0 Å². The fourth-order valence-corrected chi connectivity index (χ4v) is 0.753. The number of benzene rings is 1. The van der Waals surface area contributed by atoms with E-state index in [-0.39, 0.29) is 0 Å². The van der Waals surface area contributed by atoms with E-state index in [2.05, 4.69) is 11.2 Å². The van der Waals surface area contributed by atoms with E-state index in [4.69, 9.17) is 4.52 Å². The van der Waals surface area contributed by atoms with E-state index < -0.39 is 0 Å². The van der Waals surface area contributed by atoms with Gasteiger partial charge in [-0.25, -0.2) is 0 Å². The van der Waals surface area contributed by atoms with Crippen LogP contribution in [0.15, 0.2) is 29.0 Å². The van der Waals surface area contributed by atoms with Crippen molar-refractivity contribution in [3.05, 3.63) is 30.5 Å². The number of nitrogens with zero attached hydrogens (tertiary/aromatic N) is 1. The van der Waals surface area contributed by atoms with Gasteiger partial charge in [-0.2, -0.15) is 0 Å². The van der Waals surface area contributed by atoms with Crippen molar-refractivity contribution < 1.29 is 4.52 Å². The normalized spacial score (nSPS) is 10.2. The van der Waals surface area contributed by atoms with Gasteiger partial charge in [-0.05, 0) is 18.2 Å². The predicted octanol–water partition coefficient (Wildman–Crippen LogP) is 1.63. The van der Waals surface area contributed by atoms with Gasteiger partial charge in [0.1, 0.15) is 11.8 Å². The molecule has 0 saturated carbocycles. The molecule has 0 atom stereocenters. The number of hydrogen-bond acceptors (Lipinski definition) is 2. The molecule has 0 N–H and O–H groups in total. The minimum Gasteiger partial charge on any atom is -0.364 e. The highest BCUT2D eigenvalue weighted by atomic mass is 16.5. The molecule has 2 nitrogen and oxygen atoms in total. The Kier molecular flexibility index (Phi) is 0.803. The Bertz CT molecular complexity index is 283. The Morgan fingerprint density at radius 2 is 2.56 bits per heavy atom. The van der Waals surface area contributed by atoms with Gasteiger partial charge >= 0.3 is 0 Å². The van der Waals surface area contributed by atoms with Crippen molar-refractivity contribution in [3.8, 4) is 0 Å². The molecule has 0 bridgehead atoms. The van der Waals surface area contributed by atoms with E-state index in [1.807, 2.05) is 18.2 Å². The van der Waals surface area contributed by atoms with E-state index in [0.29, 0.717) is 0 Å². The van der Waals surface area contributed by atoms with Gasteiger partial charge in [-0.15, -0.1) is 0 Å². The second-order valence-corrected chi connectivity index (χ2v) is 1.80. The van der Waals surface area contributed by atoms with Crippen LogP contribution in [0.2, 0.25) is 0 Å². The molecule has 1 aromatic heterocycles. The molecule has 1 aromatic carbocycles. The van der Waals surface area contributed by atoms with Crippen LogP contribution in [0.5, 0.6) is 0 Å². The lowest BCUT2D eigenvalue weighted by molar-refractivity contribution is 0.428. The minimum atomic E-state index is 0.883. The van der Waals surface area contributed by atoms with E-state index in [1.54, 1.807) is 6.26 Å². The molecule has 0 aliphatic heterocycles. The van der Waals surface area contributed by atoms with Crippen LogP contribution < -0.4 is 0 Å². The van der Waals surface area contributed by atoms with Crippen LogP contribution in [0, 0.1) is 6.07 Å². The summed E-state index contributed by atoms with van der Waals surface area (Å²) in [6, 6.07) is 8.43. The zero-order valence-corrected chi connectivity index (χ0v) is 4.66. The predicted molar refractivity (Wildman–Crippen MR) is 32.8 cm³/mol. The zero-order chi connectivity index (χ0) is 6.10. The van der Waals surface area contributed by atoms with Crippen LogP contribution in [0.1, 0.15) is 0 Å². The molecule has 1 radical (unpaired) electrons. The summed E-state index contributed by atoms with van der Waals surface area (Å²) in [5.74, 6) is 0. The molecular weight excluding hydrogens is 114 g/mol.